The third-order valence-electron chi connectivity index (χ3n) is 5.40. The largest absolute Gasteiger partial charge is 0.350 e. The molecule has 3 aromatic rings. The second-order valence-electron chi connectivity index (χ2n) is 8.19. The Bertz CT molecular complexity index is 1220. The maximum atomic E-state index is 13.1. The summed E-state index contributed by atoms with van der Waals surface area (Å²) in [6.07, 6.45) is 0. The van der Waals surface area contributed by atoms with Crippen molar-refractivity contribution in [2.45, 2.75) is 24.8 Å². The van der Waals surface area contributed by atoms with Crippen LogP contribution in [0, 0.1) is 19.7 Å². The van der Waals surface area contributed by atoms with Gasteiger partial charge in [-0.1, -0.05) is 35.9 Å². The molecular formula is C25H28FN3O3S. The molecule has 3 rings (SSSR count). The molecule has 1 unspecified atom stereocenters. The zero-order chi connectivity index (χ0) is 24.2. The Morgan fingerprint density at radius 2 is 1.61 bits per heavy atom. The van der Waals surface area contributed by atoms with Gasteiger partial charge in [-0.2, -0.15) is 0 Å². The third kappa shape index (κ3) is 6.18. The lowest BCUT2D eigenvalue weighted by atomic mass is 10.0. The first-order chi connectivity index (χ1) is 15.6. The molecular weight excluding hydrogens is 441 g/mol. The highest BCUT2D eigenvalue weighted by Crippen LogP contribution is 2.21. The molecule has 1 atom stereocenters. The number of halogens is 1. The normalized spacial score (nSPS) is 12.4. The van der Waals surface area contributed by atoms with Crippen LogP contribution >= 0.6 is 0 Å². The Kier molecular flexibility index (Phi) is 7.50. The van der Waals surface area contributed by atoms with Gasteiger partial charge in [0.05, 0.1) is 10.9 Å². The molecule has 8 heteroatoms. The molecule has 33 heavy (non-hydrogen) atoms. The lowest BCUT2D eigenvalue weighted by Gasteiger charge is -2.25. The van der Waals surface area contributed by atoms with E-state index in [2.05, 4.69) is 10.0 Å². The number of sulfonamides is 1. The van der Waals surface area contributed by atoms with Gasteiger partial charge in [0.15, 0.2) is 0 Å². The molecule has 0 heterocycles. The molecule has 0 aromatic heterocycles. The zero-order valence-corrected chi connectivity index (χ0v) is 19.9. The molecule has 0 bridgehead atoms. The maximum absolute atomic E-state index is 13.1. The van der Waals surface area contributed by atoms with E-state index in [1.54, 1.807) is 13.0 Å². The Morgan fingerprint density at radius 3 is 2.21 bits per heavy atom. The molecule has 2 N–H and O–H groups in total. The van der Waals surface area contributed by atoms with Crippen LogP contribution in [0.4, 0.5) is 10.1 Å². The van der Waals surface area contributed by atoms with Crippen LogP contribution in [0.1, 0.15) is 33.1 Å². The lowest BCUT2D eigenvalue weighted by molar-refractivity contribution is 0.0941. The third-order valence-corrected chi connectivity index (χ3v) is 6.78. The van der Waals surface area contributed by atoms with Crippen molar-refractivity contribution in [1.29, 1.82) is 0 Å². The summed E-state index contributed by atoms with van der Waals surface area (Å²) in [5.74, 6) is -0.820. The van der Waals surface area contributed by atoms with E-state index in [0.717, 1.165) is 11.1 Å². The number of nitrogens with one attached hydrogen (secondary N) is 2. The minimum absolute atomic E-state index is 0.0399. The van der Waals surface area contributed by atoms with Crippen LogP contribution in [0.3, 0.4) is 0 Å². The Hall–Kier alpha value is -3.23. The molecule has 0 radical (unpaired) electrons. The molecule has 174 valence electrons. The number of hydrogen-bond acceptors (Lipinski definition) is 4. The summed E-state index contributed by atoms with van der Waals surface area (Å²) in [5, 5.41) is 2.93. The van der Waals surface area contributed by atoms with Gasteiger partial charge in [0.25, 0.3) is 15.9 Å². The van der Waals surface area contributed by atoms with Crippen LogP contribution in [-0.2, 0) is 10.0 Å². The average molecular weight is 470 g/mol. The molecule has 0 aliphatic carbocycles. The number of carbonyl (C=O) groups is 1. The predicted octanol–water partition coefficient (Wildman–Crippen LogP) is 4.28. The monoisotopic (exact) mass is 469 g/mol. The second-order valence-corrected chi connectivity index (χ2v) is 9.87. The summed E-state index contributed by atoms with van der Waals surface area (Å²) in [5.41, 5.74) is 3.39. The number of aryl methyl sites for hydroxylation is 2. The van der Waals surface area contributed by atoms with Gasteiger partial charge < -0.3 is 10.2 Å². The summed E-state index contributed by atoms with van der Waals surface area (Å²) < 4.78 is 41.1. The van der Waals surface area contributed by atoms with Crippen molar-refractivity contribution in [3.63, 3.8) is 0 Å². The van der Waals surface area contributed by atoms with Crippen LogP contribution in [-0.4, -0.2) is 39.9 Å². The Balaban J connectivity index is 1.78. The van der Waals surface area contributed by atoms with Crippen molar-refractivity contribution in [2.75, 3.05) is 25.4 Å². The van der Waals surface area contributed by atoms with E-state index in [0.29, 0.717) is 12.1 Å². The van der Waals surface area contributed by atoms with Crippen LogP contribution in [0.25, 0.3) is 0 Å². The molecule has 6 nitrogen and oxygen atoms in total. The molecule has 0 fully saturated rings. The maximum Gasteiger partial charge on any atom is 0.261 e. The number of carbonyl (C=O) groups excluding carboxylic acids is 1. The van der Waals surface area contributed by atoms with Crippen molar-refractivity contribution < 1.29 is 17.6 Å². The Labute approximate surface area is 194 Å². The van der Waals surface area contributed by atoms with Gasteiger partial charge in [0.2, 0.25) is 0 Å². The molecule has 3 aromatic carbocycles. The predicted molar refractivity (Wildman–Crippen MR) is 128 cm³/mol. The van der Waals surface area contributed by atoms with E-state index >= 15 is 0 Å². The van der Waals surface area contributed by atoms with Gasteiger partial charge in [-0.25, -0.2) is 12.8 Å². The first-order valence-corrected chi connectivity index (χ1v) is 12.0. The highest BCUT2D eigenvalue weighted by molar-refractivity contribution is 7.92. The smallest absolute Gasteiger partial charge is 0.261 e. The van der Waals surface area contributed by atoms with Gasteiger partial charge in [0.1, 0.15) is 5.82 Å². The van der Waals surface area contributed by atoms with Crippen molar-refractivity contribution in [3.05, 3.63) is 94.8 Å². The summed E-state index contributed by atoms with van der Waals surface area (Å²) in [4.78, 5) is 14.9. The summed E-state index contributed by atoms with van der Waals surface area (Å²) >= 11 is 0. The van der Waals surface area contributed by atoms with Crippen LogP contribution < -0.4 is 10.0 Å². The number of hydrogen-bond donors (Lipinski definition) is 2. The first-order valence-electron chi connectivity index (χ1n) is 10.5. The standard InChI is InChI=1S/C25H28FN3O3S/c1-17-5-8-19(9-6-17)24(29(3)4)16-27-25(30)23-15-22(14-7-18(23)2)33(31,32)28-21-12-10-20(26)11-13-21/h5-15,24,28H,16H2,1-4H3,(H,27,30). The topological polar surface area (TPSA) is 78.5 Å². The van der Waals surface area contributed by atoms with Gasteiger partial charge in [-0.3, -0.25) is 9.52 Å². The minimum Gasteiger partial charge on any atom is -0.350 e. The molecule has 0 saturated heterocycles. The van der Waals surface area contributed by atoms with Crippen molar-refractivity contribution in [3.8, 4) is 0 Å². The lowest BCUT2D eigenvalue weighted by Crippen LogP contribution is -2.35. The Morgan fingerprint density at radius 1 is 0.970 bits per heavy atom. The summed E-state index contributed by atoms with van der Waals surface area (Å²) in [6, 6.07) is 17.5. The fourth-order valence-corrected chi connectivity index (χ4v) is 4.50. The van der Waals surface area contributed by atoms with E-state index < -0.39 is 15.8 Å². The fraction of sp³-hybridized carbons (Fsp3) is 0.240. The summed E-state index contributed by atoms with van der Waals surface area (Å²) in [6.45, 7) is 4.13. The molecule has 0 spiro atoms. The number of anilines is 1. The van der Waals surface area contributed by atoms with E-state index in [4.69, 9.17) is 0 Å². The van der Waals surface area contributed by atoms with Gasteiger partial charge in [-0.05, 0) is 75.5 Å². The van der Waals surface area contributed by atoms with Gasteiger partial charge >= 0.3 is 0 Å². The van der Waals surface area contributed by atoms with Gasteiger partial charge in [-0.15, -0.1) is 0 Å². The number of rotatable bonds is 8. The summed E-state index contributed by atoms with van der Waals surface area (Å²) in [7, 11) is -0.0700. The zero-order valence-electron chi connectivity index (χ0n) is 19.1. The minimum atomic E-state index is -3.95. The van der Waals surface area contributed by atoms with Crippen molar-refractivity contribution in [2.24, 2.45) is 0 Å². The van der Waals surface area contributed by atoms with Gasteiger partial charge in [0, 0.05) is 17.8 Å². The van der Waals surface area contributed by atoms with E-state index in [-0.39, 0.29) is 28.1 Å². The number of nitrogens with zero attached hydrogens (tertiary/aromatic N) is 1. The molecule has 0 aliphatic heterocycles. The van der Waals surface area contributed by atoms with E-state index in [9.17, 15) is 17.6 Å². The number of likely N-dealkylation sites (N-methyl/N-ethyl adjacent to an activating group) is 1. The van der Waals surface area contributed by atoms with Crippen LogP contribution in [0.15, 0.2) is 71.6 Å². The average Bonchev–Trinajstić information content (AvgIpc) is 2.76. The van der Waals surface area contributed by atoms with E-state index in [1.165, 1.54) is 36.4 Å². The fourth-order valence-electron chi connectivity index (χ4n) is 3.42. The second kappa shape index (κ2) is 10.1. The SMILES string of the molecule is Cc1ccc(C(CNC(=O)c2cc(S(=O)(=O)Nc3ccc(F)cc3)ccc2C)N(C)C)cc1. The van der Waals surface area contributed by atoms with Crippen molar-refractivity contribution in [1.82, 2.24) is 10.2 Å². The molecule has 0 saturated carbocycles. The van der Waals surface area contributed by atoms with Crippen LogP contribution in [0.2, 0.25) is 0 Å². The molecule has 0 aliphatic rings. The number of benzene rings is 3. The highest BCUT2D eigenvalue weighted by Gasteiger charge is 2.20. The number of amides is 1. The van der Waals surface area contributed by atoms with Crippen molar-refractivity contribution >= 4 is 21.6 Å². The quantitative estimate of drug-likeness (QED) is 0.516. The highest BCUT2D eigenvalue weighted by atomic mass is 32.2. The van der Waals surface area contributed by atoms with Crippen LogP contribution in [0.5, 0.6) is 0 Å². The molecule has 1 amide bonds. The van der Waals surface area contributed by atoms with E-state index in [1.807, 2.05) is 50.2 Å². The first kappa shape index (κ1) is 24.4.